The fourth-order valence-corrected chi connectivity index (χ4v) is 1.46. The Bertz CT molecular complexity index is 592. The van der Waals surface area contributed by atoms with Gasteiger partial charge in [-0.05, 0) is 24.3 Å². The number of rotatable bonds is 2. The fourth-order valence-electron chi connectivity index (χ4n) is 1.46. The molecule has 2 rings (SSSR count). The topological polar surface area (TPSA) is 40.5 Å². The maximum absolute atomic E-state index is 9.52. The van der Waals surface area contributed by atoms with Crippen molar-refractivity contribution >= 4 is 12.2 Å². The Kier molecular flexibility index (Phi) is 5.74. The van der Waals surface area contributed by atoms with Crippen LogP contribution in [0.4, 0.5) is 0 Å². The van der Waals surface area contributed by atoms with Gasteiger partial charge in [0.2, 0.25) is 0 Å². The van der Waals surface area contributed by atoms with E-state index in [9.17, 15) is 10.2 Å². The van der Waals surface area contributed by atoms with E-state index in [2.05, 4.69) is 11.5 Å². The second kappa shape index (κ2) is 7.32. The smallest absolute Gasteiger partial charge is 0.123 e. The number of hydrogen-bond donors (Lipinski definition) is 2. The van der Waals surface area contributed by atoms with Crippen LogP contribution in [0.15, 0.2) is 60.0 Å². The number of benzene rings is 2. The van der Waals surface area contributed by atoms with Gasteiger partial charge in [-0.15, -0.1) is 0 Å². The normalized spacial score (nSPS) is 8.63. The van der Waals surface area contributed by atoms with Gasteiger partial charge in [0.15, 0.2) is 0 Å². The number of phenolic OH excluding ortho intramolecular Hbond substituents is 2. The molecule has 97 valence electrons. The van der Waals surface area contributed by atoms with Crippen molar-refractivity contribution in [2.24, 2.45) is 0 Å². The first kappa shape index (κ1) is 14.9. The summed E-state index contributed by atoms with van der Waals surface area (Å²) < 4.78 is 0. The van der Waals surface area contributed by atoms with Gasteiger partial charge in [0.05, 0.1) is 0 Å². The van der Waals surface area contributed by atoms with Crippen LogP contribution in [0.1, 0.15) is 11.1 Å². The molecule has 0 saturated carbocycles. The summed E-state index contributed by atoms with van der Waals surface area (Å²) in [5.74, 6) is 0.406. The number of para-hydroxylation sites is 2. The molecule has 0 aromatic heterocycles. The first-order valence-electron chi connectivity index (χ1n) is 5.51. The van der Waals surface area contributed by atoms with Gasteiger partial charge >= 0.3 is 0 Å². The monoisotopic (exact) mass is 295 g/mol. The van der Waals surface area contributed by atoms with Crippen LogP contribution in [-0.4, -0.2) is 10.2 Å². The van der Waals surface area contributed by atoms with Crippen molar-refractivity contribution in [3.8, 4) is 11.5 Å². The van der Waals surface area contributed by atoms with E-state index in [4.69, 9.17) is 0 Å². The molecule has 0 amide bonds. The van der Waals surface area contributed by atoms with E-state index >= 15 is 0 Å². The largest absolute Gasteiger partial charge is 0.507 e. The van der Waals surface area contributed by atoms with Crippen LogP contribution in [0.25, 0.3) is 12.2 Å². The predicted molar refractivity (Wildman–Crippen MR) is 72.2 cm³/mol. The van der Waals surface area contributed by atoms with Crippen LogP contribution < -0.4 is 0 Å². The molecule has 0 saturated heterocycles. The van der Waals surface area contributed by atoms with Crippen molar-refractivity contribution in [2.75, 3.05) is 0 Å². The Morgan fingerprint density at radius 1 is 0.684 bits per heavy atom. The van der Waals surface area contributed by atoms with E-state index < -0.39 is 0 Å². The third-order valence-electron chi connectivity index (χ3n) is 2.41. The van der Waals surface area contributed by atoms with Crippen molar-refractivity contribution in [3.05, 3.63) is 71.1 Å². The molecule has 0 aliphatic heterocycles. The maximum atomic E-state index is 9.52. The van der Waals surface area contributed by atoms with Gasteiger partial charge in [0.25, 0.3) is 0 Å². The molecule has 3 heteroatoms. The Labute approximate surface area is 122 Å². The van der Waals surface area contributed by atoms with Gasteiger partial charge in [-0.1, -0.05) is 47.9 Å². The molecule has 2 nitrogen and oxygen atoms in total. The Morgan fingerprint density at radius 2 is 1.05 bits per heavy atom. The number of phenols is 2. The van der Waals surface area contributed by atoms with Crippen LogP contribution in [-0.2, 0) is 16.8 Å². The first-order valence-corrected chi connectivity index (χ1v) is 5.51. The standard InChI is InChI=1S/C16H12O2.Co/c17-15-11-5-3-9-13(15)7-1-2-8-14-10-4-6-12-16(14)18;/h3-12,17-18H;. The molecular formula is C16H12CoO2. The third kappa shape index (κ3) is 4.22. The zero-order valence-corrected chi connectivity index (χ0v) is 11.0. The molecule has 1 radical (unpaired) electrons. The summed E-state index contributed by atoms with van der Waals surface area (Å²) in [6, 6.07) is 14.0. The molecule has 0 fully saturated rings. The molecule has 0 bridgehead atoms. The maximum Gasteiger partial charge on any atom is 0.123 e. The second-order valence-electron chi connectivity index (χ2n) is 3.69. The SMILES string of the molecule is Oc1ccccc1C=C=C=Cc1ccccc1O.[Co]. The van der Waals surface area contributed by atoms with Gasteiger partial charge < -0.3 is 10.2 Å². The molecule has 0 aliphatic rings. The number of aromatic hydroxyl groups is 2. The minimum absolute atomic E-state index is 0. The van der Waals surface area contributed by atoms with Crippen LogP contribution in [0.5, 0.6) is 11.5 Å². The summed E-state index contributed by atoms with van der Waals surface area (Å²) in [5.41, 5.74) is 6.99. The summed E-state index contributed by atoms with van der Waals surface area (Å²) in [5, 5.41) is 19.0. The van der Waals surface area contributed by atoms with Crippen molar-refractivity contribution < 1.29 is 27.0 Å². The zero-order chi connectivity index (χ0) is 12.8. The molecule has 2 aromatic carbocycles. The van der Waals surface area contributed by atoms with Gasteiger partial charge in [-0.2, -0.15) is 0 Å². The second-order valence-corrected chi connectivity index (χ2v) is 3.69. The number of hydrogen-bond acceptors (Lipinski definition) is 2. The van der Waals surface area contributed by atoms with E-state index in [-0.39, 0.29) is 28.3 Å². The fraction of sp³-hybridized carbons (Fsp3) is 0. The van der Waals surface area contributed by atoms with Crippen LogP contribution in [0, 0.1) is 0 Å². The molecular weight excluding hydrogens is 283 g/mol. The molecule has 0 aliphatic carbocycles. The summed E-state index contributed by atoms with van der Waals surface area (Å²) >= 11 is 0. The van der Waals surface area contributed by atoms with E-state index in [0.29, 0.717) is 11.1 Å². The minimum atomic E-state index is 0. The van der Waals surface area contributed by atoms with Gasteiger partial charge in [-0.25, -0.2) is 0 Å². The van der Waals surface area contributed by atoms with Crippen LogP contribution >= 0.6 is 0 Å². The van der Waals surface area contributed by atoms with E-state index in [0.717, 1.165) is 0 Å². The van der Waals surface area contributed by atoms with E-state index in [1.54, 1.807) is 48.6 Å². The average molecular weight is 295 g/mol. The van der Waals surface area contributed by atoms with E-state index in [1.165, 1.54) is 0 Å². The van der Waals surface area contributed by atoms with Gasteiger partial charge in [-0.3, -0.25) is 0 Å². The van der Waals surface area contributed by atoms with Gasteiger partial charge in [0, 0.05) is 27.9 Å². The Hall–Kier alpha value is -2.15. The predicted octanol–water partition coefficient (Wildman–Crippen LogP) is 3.58. The first-order chi connectivity index (χ1) is 8.77. The summed E-state index contributed by atoms with van der Waals surface area (Å²) in [6.45, 7) is 0. The van der Waals surface area contributed by atoms with Crippen LogP contribution in [0.2, 0.25) is 0 Å². The Morgan fingerprint density at radius 3 is 1.42 bits per heavy atom. The van der Waals surface area contributed by atoms with Crippen molar-refractivity contribution in [1.82, 2.24) is 0 Å². The Balaban J connectivity index is 0.00000180. The summed E-state index contributed by atoms with van der Waals surface area (Å²) in [4.78, 5) is 0. The van der Waals surface area contributed by atoms with Crippen molar-refractivity contribution in [3.63, 3.8) is 0 Å². The zero-order valence-electron chi connectivity index (χ0n) is 10.0. The quantitative estimate of drug-likeness (QED) is 0.831. The summed E-state index contributed by atoms with van der Waals surface area (Å²) in [6.07, 6.45) is 3.26. The molecule has 2 aromatic rings. The minimum Gasteiger partial charge on any atom is -0.507 e. The molecule has 2 N–H and O–H groups in total. The van der Waals surface area contributed by atoms with Crippen LogP contribution in [0.3, 0.4) is 0 Å². The molecule has 0 heterocycles. The molecule has 19 heavy (non-hydrogen) atoms. The summed E-state index contributed by atoms with van der Waals surface area (Å²) in [7, 11) is 0. The van der Waals surface area contributed by atoms with Gasteiger partial charge in [0.1, 0.15) is 11.5 Å². The van der Waals surface area contributed by atoms with Crippen molar-refractivity contribution in [2.45, 2.75) is 0 Å². The van der Waals surface area contributed by atoms with Crippen molar-refractivity contribution in [1.29, 1.82) is 0 Å². The molecule has 0 atom stereocenters. The average Bonchev–Trinajstić information content (AvgIpc) is 2.38. The molecule has 0 unspecified atom stereocenters. The molecule has 0 spiro atoms. The van der Waals surface area contributed by atoms with E-state index in [1.807, 2.05) is 12.1 Å². The third-order valence-corrected chi connectivity index (χ3v) is 2.41.